The minimum atomic E-state index is 0.0375. The van der Waals surface area contributed by atoms with Crippen LogP contribution in [0, 0.1) is 5.92 Å². The van der Waals surface area contributed by atoms with E-state index < -0.39 is 0 Å². The quantitative estimate of drug-likeness (QED) is 0.867. The van der Waals surface area contributed by atoms with Crippen molar-refractivity contribution in [2.75, 3.05) is 19.6 Å². The zero-order valence-corrected chi connectivity index (χ0v) is 15.5. The van der Waals surface area contributed by atoms with Crippen LogP contribution in [0.3, 0.4) is 0 Å². The predicted octanol–water partition coefficient (Wildman–Crippen LogP) is 4.32. The number of fused-ring (bicyclic) bond motifs is 2. The van der Waals surface area contributed by atoms with E-state index in [1.54, 1.807) is 11.8 Å². The number of benzene rings is 2. The summed E-state index contributed by atoms with van der Waals surface area (Å²) in [6, 6.07) is 15.9. The molecule has 2 aliphatic heterocycles. The van der Waals surface area contributed by atoms with E-state index in [2.05, 4.69) is 10.2 Å². The Morgan fingerprint density at radius 3 is 2.40 bits per heavy atom. The zero-order valence-electron chi connectivity index (χ0n) is 14.0. The van der Waals surface area contributed by atoms with E-state index in [1.807, 2.05) is 48.5 Å². The van der Waals surface area contributed by atoms with Crippen molar-refractivity contribution in [2.45, 2.75) is 28.7 Å². The summed E-state index contributed by atoms with van der Waals surface area (Å²) in [6.45, 7) is 3.39. The van der Waals surface area contributed by atoms with E-state index in [4.69, 9.17) is 11.6 Å². The number of hydrogen-bond acceptors (Lipinski definition) is 3. The second-order valence-corrected chi connectivity index (χ2v) is 8.48. The maximum atomic E-state index is 12.5. The van der Waals surface area contributed by atoms with Gasteiger partial charge in [-0.1, -0.05) is 23.4 Å². The molecule has 3 nitrogen and oxygen atoms in total. The first-order valence-corrected chi connectivity index (χ1v) is 9.92. The highest BCUT2D eigenvalue weighted by molar-refractivity contribution is 7.99. The van der Waals surface area contributed by atoms with Crippen molar-refractivity contribution in [2.24, 2.45) is 5.92 Å². The molecular weight excluding hydrogens is 352 g/mol. The summed E-state index contributed by atoms with van der Waals surface area (Å²) in [4.78, 5) is 17.2. The van der Waals surface area contributed by atoms with E-state index in [-0.39, 0.29) is 11.9 Å². The van der Waals surface area contributed by atoms with Gasteiger partial charge in [-0.25, -0.2) is 0 Å². The molecule has 5 heteroatoms. The third kappa shape index (κ3) is 4.20. The fraction of sp³-hybridized carbons (Fsp3) is 0.350. The average molecular weight is 373 g/mol. The molecule has 130 valence electrons. The smallest absolute Gasteiger partial charge is 0.251 e. The van der Waals surface area contributed by atoms with E-state index in [0.717, 1.165) is 39.3 Å². The Balaban J connectivity index is 1.36. The molecular formula is C20H21ClN2OS. The van der Waals surface area contributed by atoms with Gasteiger partial charge in [0.2, 0.25) is 0 Å². The molecule has 2 heterocycles. The largest absolute Gasteiger partial charge is 0.348 e. The highest BCUT2D eigenvalue weighted by Crippen LogP contribution is 2.29. The number of carbonyl (C=O) groups excluding carboxylic acids is 1. The molecule has 2 saturated heterocycles. The summed E-state index contributed by atoms with van der Waals surface area (Å²) in [6.07, 6.45) is 2.40. The van der Waals surface area contributed by atoms with Gasteiger partial charge < -0.3 is 10.2 Å². The molecule has 0 saturated carbocycles. The van der Waals surface area contributed by atoms with Crippen molar-refractivity contribution in [3.05, 3.63) is 59.1 Å². The number of halogens is 1. The van der Waals surface area contributed by atoms with Crippen LogP contribution < -0.4 is 5.32 Å². The normalized spacial score (nSPS) is 24.9. The fourth-order valence-corrected chi connectivity index (χ4v) is 4.69. The Hall–Kier alpha value is -1.49. The average Bonchev–Trinajstić information content (AvgIpc) is 2.96. The van der Waals surface area contributed by atoms with Gasteiger partial charge in [-0.2, -0.15) is 0 Å². The molecule has 2 aliphatic rings. The Labute approximate surface area is 157 Å². The summed E-state index contributed by atoms with van der Waals surface area (Å²) < 4.78 is 0. The predicted molar refractivity (Wildman–Crippen MR) is 102 cm³/mol. The molecule has 1 amide bonds. The van der Waals surface area contributed by atoms with Gasteiger partial charge in [0.25, 0.3) is 5.91 Å². The Morgan fingerprint density at radius 1 is 1.04 bits per heavy atom. The molecule has 4 rings (SSSR count). The van der Waals surface area contributed by atoms with Gasteiger partial charge in [-0.05, 0) is 73.8 Å². The van der Waals surface area contributed by atoms with Gasteiger partial charge in [0.1, 0.15) is 0 Å². The molecule has 25 heavy (non-hydrogen) atoms. The topological polar surface area (TPSA) is 32.3 Å². The van der Waals surface area contributed by atoms with E-state index >= 15 is 0 Å². The maximum Gasteiger partial charge on any atom is 0.251 e. The van der Waals surface area contributed by atoms with Crippen LogP contribution in [0.15, 0.2) is 58.3 Å². The van der Waals surface area contributed by atoms with Gasteiger partial charge >= 0.3 is 0 Å². The molecule has 0 spiro atoms. The van der Waals surface area contributed by atoms with E-state index in [0.29, 0.717) is 0 Å². The second kappa shape index (κ2) is 7.40. The van der Waals surface area contributed by atoms with Crippen LogP contribution in [0.2, 0.25) is 5.02 Å². The van der Waals surface area contributed by atoms with Crippen molar-refractivity contribution in [1.29, 1.82) is 0 Å². The minimum Gasteiger partial charge on any atom is -0.348 e. The van der Waals surface area contributed by atoms with Crippen LogP contribution in [0.1, 0.15) is 23.2 Å². The van der Waals surface area contributed by atoms with Crippen LogP contribution in [-0.4, -0.2) is 36.5 Å². The molecule has 1 N–H and O–H groups in total. The van der Waals surface area contributed by atoms with Crippen LogP contribution in [0.4, 0.5) is 0 Å². The molecule has 3 atom stereocenters. The molecule has 2 aromatic rings. The standard InChI is InChI=1S/C20H21ClN2OS/c21-16-3-7-19(8-4-16)25-18-5-1-15(2-6-18)20(24)22-17-11-14-9-10-23(12-14)13-17/h1-8,14,17H,9-13H2,(H,22,24)/t14-,17+/m0/s1. The van der Waals surface area contributed by atoms with Crippen LogP contribution in [-0.2, 0) is 0 Å². The van der Waals surface area contributed by atoms with Crippen molar-refractivity contribution in [1.82, 2.24) is 10.2 Å². The van der Waals surface area contributed by atoms with Crippen molar-refractivity contribution in [3.63, 3.8) is 0 Å². The number of piperidine rings is 1. The van der Waals surface area contributed by atoms with E-state index in [1.165, 1.54) is 19.5 Å². The SMILES string of the molecule is O=C(N[C@@H]1C[C@@H]2CCN(C2)C1)c1ccc(Sc2ccc(Cl)cc2)cc1. The monoisotopic (exact) mass is 372 g/mol. The summed E-state index contributed by atoms with van der Waals surface area (Å²) in [5, 5.41) is 3.95. The van der Waals surface area contributed by atoms with Gasteiger partial charge in [0.15, 0.2) is 0 Å². The number of amides is 1. The summed E-state index contributed by atoms with van der Waals surface area (Å²) in [7, 11) is 0. The highest BCUT2D eigenvalue weighted by Gasteiger charge is 2.32. The molecule has 0 aromatic heterocycles. The van der Waals surface area contributed by atoms with Crippen LogP contribution in [0.5, 0.6) is 0 Å². The molecule has 2 bridgehead atoms. The maximum absolute atomic E-state index is 12.5. The first kappa shape index (κ1) is 17.0. The number of nitrogens with zero attached hydrogens (tertiary/aromatic N) is 1. The molecule has 2 fully saturated rings. The summed E-state index contributed by atoms with van der Waals surface area (Å²) in [5.74, 6) is 0.799. The van der Waals surface area contributed by atoms with Gasteiger partial charge in [-0.15, -0.1) is 0 Å². The van der Waals surface area contributed by atoms with Crippen molar-refractivity contribution < 1.29 is 4.79 Å². The lowest BCUT2D eigenvalue weighted by Crippen LogP contribution is -2.47. The Morgan fingerprint density at radius 2 is 1.72 bits per heavy atom. The lowest BCUT2D eigenvalue weighted by molar-refractivity contribution is 0.0909. The van der Waals surface area contributed by atoms with E-state index in [9.17, 15) is 4.79 Å². The zero-order chi connectivity index (χ0) is 17.2. The Bertz CT molecular complexity index is 735. The number of nitrogens with one attached hydrogen (secondary N) is 1. The number of hydrogen-bond donors (Lipinski definition) is 1. The minimum absolute atomic E-state index is 0.0375. The fourth-order valence-electron chi connectivity index (χ4n) is 3.75. The second-order valence-electron chi connectivity index (χ2n) is 6.90. The summed E-state index contributed by atoms with van der Waals surface area (Å²) >= 11 is 7.58. The lowest BCUT2D eigenvalue weighted by atomic mass is 9.96. The third-order valence-corrected chi connectivity index (χ3v) is 6.24. The highest BCUT2D eigenvalue weighted by atomic mass is 35.5. The van der Waals surface area contributed by atoms with Crippen molar-refractivity contribution in [3.8, 4) is 0 Å². The molecule has 0 radical (unpaired) electrons. The molecule has 0 aliphatic carbocycles. The lowest BCUT2D eigenvalue weighted by Gasteiger charge is -2.30. The third-order valence-electron chi connectivity index (χ3n) is 4.97. The summed E-state index contributed by atoms with van der Waals surface area (Å²) in [5.41, 5.74) is 0.730. The molecule has 2 aromatic carbocycles. The Kier molecular flexibility index (Phi) is 5.02. The first-order valence-electron chi connectivity index (χ1n) is 8.72. The van der Waals surface area contributed by atoms with Crippen LogP contribution in [0.25, 0.3) is 0 Å². The first-order chi connectivity index (χ1) is 12.2. The van der Waals surface area contributed by atoms with Gasteiger partial charge in [0, 0.05) is 39.5 Å². The van der Waals surface area contributed by atoms with Crippen LogP contribution >= 0.6 is 23.4 Å². The number of rotatable bonds is 4. The molecule has 1 unspecified atom stereocenters. The van der Waals surface area contributed by atoms with Gasteiger partial charge in [-0.3, -0.25) is 4.79 Å². The number of carbonyl (C=O) groups is 1. The van der Waals surface area contributed by atoms with Crippen molar-refractivity contribution >= 4 is 29.3 Å². The van der Waals surface area contributed by atoms with Gasteiger partial charge in [0.05, 0.1) is 0 Å².